The minimum atomic E-state index is -0.612. The Morgan fingerprint density at radius 1 is 1.32 bits per heavy atom. The van der Waals surface area contributed by atoms with E-state index in [-0.39, 0.29) is 4.99 Å². The Kier molecular flexibility index (Phi) is 4.20. The lowest BCUT2D eigenvalue weighted by molar-refractivity contribution is 0.206. The van der Waals surface area contributed by atoms with E-state index < -0.39 is 6.09 Å². The standard InChI is InChI=1S/C14H12N2O2S/c1-10-4-2-6-12(8-10)18-14(17)16-13(19)11-5-3-7-15-9-11/h2-9H,1H3,(H,16,17,19). The van der Waals surface area contributed by atoms with Gasteiger partial charge in [0.05, 0.1) is 0 Å². The first-order chi connectivity index (χ1) is 9.15. The Hall–Kier alpha value is -2.27. The molecule has 0 fully saturated rings. The van der Waals surface area contributed by atoms with E-state index in [0.717, 1.165) is 5.56 Å². The summed E-state index contributed by atoms with van der Waals surface area (Å²) in [6.07, 6.45) is 2.60. The molecule has 0 aliphatic heterocycles. The van der Waals surface area contributed by atoms with Gasteiger partial charge in [0, 0.05) is 18.0 Å². The van der Waals surface area contributed by atoms with Crippen molar-refractivity contribution >= 4 is 23.3 Å². The number of benzene rings is 1. The maximum Gasteiger partial charge on any atom is 0.417 e. The molecule has 19 heavy (non-hydrogen) atoms. The number of hydrogen-bond donors (Lipinski definition) is 1. The molecule has 96 valence electrons. The van der Waals surface area contributed by atoms with Crippen LogP contribution in [0.5, 0.6) is 5.75 Å². The molecule has 0 atom stereocenters. The summed E-state index contributed by atoms with van der Waals surface area (Å²) in [4.78, 5) is 15.9. The van der Waals surface area contributed by atoms with Crippen LogP contribution in [-0.4, -0.2) is 16.1 Å². The number of nitrogens with one attached hydrogen (secondary N) is 1. The molecule has 0 radical (unpaired) electrons. The average molecular weight is 272 g/mol. The molecule has 1 amide bonds. The second kappa shape index (κ2) is 6.06. The van der Waals surface area contributed by atoms with E-state index in [1.807, 2.05) is 19.1 Å². The summed E-state index contributed by atoms with van der Waals surface area (Å²) in [6.45, 7) is 1.92. The first kappa shape index (κ1) is 13.2. The van der Waals surface area contributed by atoms with Gasteiger partial charge in [-0.3, -0.25) is 10.3 Å². The number of aromatic nitrogens is 1. The van der Waals surface area contributed by atoms with Gasteiger partial charge in [0.25, 0.3) is 0 Å². The summed E-state index contributed by atoms with van der Waals surface area (Å²) in [5.74, 6) is 0.478. The number of pyridine rings is 1. The zero-order valence-corrected chi connectivity index (χ0v) is 11.1. The van der Waals surface area contributed by atoms with E-state index in [9.17, 15) is 4.79 Å². The summed E-state index contributed by atoms with van der Waals surface area (Å²) < 4.78 is 5.13. The van der Waals surface area contributed by atoms with Crippen molar-refractivity contribution in [2.24, 2.45) is 0 Å². The van der Waals surface area contributed by atoms with E-state index in [0.29, 0.717) is 11.3 Å². The maximum atomic E-state index is 11.7. The van der Waals surface area contributed by atoms with E-state index in [4.69, 9.17) is 17.0 Å². The highest BCUT2D eigenvalue weighted by Crippen LogP contribution is 2.12. The van der Waals surface area contributed by atoms with Crippen LogP contribution in [-0.2, 0) is 0 Å². The highest BCUT2D eigenvalue weighted by Gasteiger charge is 2.08. The van der Waals surface area contributed by atoms with Crippen molar-refractivity contribution in [1.82, 2.24) is 10.3 Å². The molecule has 1 heterocycles. The summed E-state index contributed by atoms with van der Waals surface area (Å²) in [5, 5.41) is 2.49. The van der Waals surface area contributed by atoms with Crippen LogP contribution >= 0.6 is 12.2 Å². The van der Waals surface area contributed by atoms with Crippen molar-refractivity contribution in [2.75, 3.05) is 0 Å². The largest absolute Gasteiger partial charge is 0.417 e. The molecule has 2 rings (SSSR count). The quantitative estimate of drug-likeness (QED) is 0.854. The average Bonchev–Trinajstić information content (AvgIpc) is 2.39. The third kappa shape index (κ3) is 3.86. The molecule has 5 heteroatoms. The zero-order valence-electron chi connectivity index (χ0n) is 10.3. The molecule has 0 aliphatic rings. The molecular formula is C14H12N2O2S. The molecule has 1 N–H and O–H groups in total. The number of amides is 1. The van der Waals surface area contributed by atoms with Gasteiger partial charge in [-0.25, -0.2) is 4.79 Å². The lowest BCUT2D eigenvalue weighted by Gasteiger charge is -2.07. The fourth-order valence-electron chi connectivity index (χ4n) is 1.47. The molecule has 0 saturated carbocycles. The van der Waals surface area contributed by atoms with E-state index >= 15 is 0 Å². The molecular weight excluding hydrogens is 260 g/mol. The number of carbonyl (C=O) groups is 1. The van der Waals surface area contributed by atoms with Crippen molar-refractivity contribution in [3.05, 3.63) is 59.9 Å². The molecule has 1 aromatic carbocycles. The van der Waals surface area contributed by atoms with E-state index in [2.05, 4.69) is 10.3 Å². The van der Waals surface area contributed by atoms with Gasteiger partial charge in [-0.05, 0) is 36.8 Å². The van der Waals surface area contributed by atoms with Crippen molar-refractivity contribution in [3.63, 3.8) is 0 Å². The van der Waals surface area contributed by atoms with Crippen LogP contribution in [0.3, 0.4) is 0 Å². The Labute approximate surface area is 116 Å². The van der Waals surface area contributed by atoms with E-state index in [1.165, 1.54) is 0 Å². The zero-order chi connectivity index (χ0) is 13.7. The first-order valence-corrected chi connectivity index (χ1v) is 6.06. The highest BCUT2D eigenvalue weighted by molar-refractivity contribution is 7.80. The fourth-order valence-corrected chi connectivity index (χ4v) is 1.68. The SMILES string of the molecule is Cc1cccc(OC(=O)NC(=S)c2cccnc2)c1. The summed E-state index contributed by atoms with van der Waals surface area (Å²) in [7, 11) is 0. The topological polar surface area (TPSA) is 51.2 Å². The third-order valence-corrected chi connectivity index (χ3v) is 2.68. The summed E-state index contributed by atoms with van der Waals surface area (Å²) in [6, 6.07) is 10.7. The smallest absolute Gasteiger partial charge is 0.410 e. The van der Waals surface area contributed by atoms with Crippen LogP contribution in [0.1, 0.15) is 11.1 Å². The summed E-state index contributed by atoms with van der Waals surface area (Å²) in [5.41, 5.74) is 1.68. The predicted molar refractivity (Wildman–Crippen MR) is 76.3 cm³/mol. The van der Waals surface area contributed by atoms with Crippen molar-refractivity contribution < 1.29 is 9.53 Å². The first-order valence-electron chi connectivity index (χ1n) is 5.65. The van der Waals surface area contributed by atoms with Crippen LogP contribution in [0.25, 0.3) is 0 Å². The normalized spacial score (nSPS) is 9.74. The Bertz CT molecular complexity index is 599. The molecule has 0 aliphatic carbocycles. The van der Waals surface area contributed by atoms with Gasteiger partial charge >= 0.3 is 6.09 Å². The molecule has 0 bridgehead atoms. The second-order valence-electron chi connectivity index (χ2n) is 3.90. The monoisotopic (exact) mass is 272 g/mol. The van der Waals surface area contributed by atoms with Crippen LogP contribution < -0.4 is 10.1 Å². The molecule has 0 spiro atoms. The minimum absolute atomic E-state index is 0.283. The van der Waals surface area contributed by atoms with Gasteiger partial charge in [0.2, 0.25) is 0 Å². The third-order valence-electron chi connectivity index (χ3n) is 2.34. The van der Waals surface area contributed by atoms with Gasteiger partial charge < -0.3 is 4.74 Å². The van der Waals surface area contributed by atoms with Gasteiger partial charge in [-0.1, -0.05) is 24.4 Å². The predicted octanol–water partition coefficient (Wildman–Crippen LogP) is 2.85. The van der Waals surface area contributed by atoms with E-state index in [1.54, 1.807) is 36.7 Å². The number of ether oxygens (including phenoxy) is 1. The molecule has 2 aromatic rings. The lowest BCUT2D eigenvalue weighted by atomic mass is 10.2. The molecule has 0 saturated heterocycles. The van der Waals surface area contributed by atoms with Crippen LogP contribution in [0.4, 0.5) is 4.79 Å². The highest BCUT2D eigenvalue weighted by atomic mass is 32.1. The Morgan fingerprint density at radius 2 is 2.16 bits per heavy atom. The minimum Gasteiger partial charge on any atom is -0.410 e. The molecule has 0 unspecified atom stereocenters. The Morgan fingerprint density at radius 3 is 2.84 bits per heavy atom. The van der Waals surface area contributed by atoms with Gasteiger partial charge in [-0.2, -0.15) is 0 Å². The van der Waals surface area contributed by atoms with Crippen molar-refractivity contribution in [3.8, 4) is 5.75 Å². The number of thiocarbonyl (C=S) groups is 1. The van der Waals surface area contributed by atoms with Crippen LogP contribution in [0.15, 0.2) is 48.8 Å². The number of nitrogens with zero attached hydrogens (tertiary/aromatic N) is 1. The number of carbonyl (C=O) groups excluding carboxylic acids is 1. The maximum absolute atomic E-state index is 11.7. The van der Waals surface area contributed by atoms with Crippen LogP contribution in [0, 0.1) is 6.92 Å². The van der Waals surface area contributed by atoms with Gasteiger partial charge in [0.1, 0.15) is 10.7 Å². The van der Waals surface area contributed by atoms with Gasteiger partial charge in [-0.15, -0.1) is 0 Å². The summed E-state index contributed by atoms with van der Waals surface area (Å²) >= 11 is 5.09. The van der Waals surface area contributed by atoms with Gasteiger partial charge in [0.15, 0.2) is 0 Å². The number of aryl methyl sites for hydroxylation is 1. The Balaban J connectivity index is 1.97. The number of rotatable bonds is 2. The molecule has 4 nitrogen and oxygen atoms in total. The van der Waals surface area contributed by atoms with Crippen LogP contribution in [0.2, 0.25) is 0 Å². The fraction of sp³-hybridized carbons (Fsp3) is 0.0714. The lowest BCUT2D eigenvalue weighted by Crippen LogP contribution is -2.32. The second-order valence-corrected chi connectivity index (χ2v) is 4.31. The number of hydrogen-bond acceptors (Lipinski definition) is 4. The van der Waals surface area contributed by atoms with Crippen molar-refractivity contribution in [2.45, 2.75) is 6.92 Å². The van der Waals surface area contributed by atoms with Crippen molar-refractivity contribution in [1.29, 1.82) is 0 Å². The molecule has 1 aromatic heterocycles.